The van der Waals surface area contributed by atoms with Crippen molar-refractivity contribution in [2.75, 3.05) is 24.7 Å². The molecule has 1 saturated heterocycles. The molecule has 168 valence electrons. The van der Waals surface area contributed by atoms with Crippen LogP contribution in [-0.4, -0.2) is 48.9 Å². The van der Waals surface area contributed by atoms with Gasteiger partial charge in [0.1, 0.15) is 35.4 Å². The second kappa shape index (κ2) is 7.98. The molecule has 0 bridgehead atoms. The Labute approximate surface area is 197 Å². The van der Waals surface area contributed by atoms with E-state index in [1.165, 1.54) is 10.8 Å². The Balaban J connectivity index is 1.62. The second-order valence-corrected chi connectivity index (χ2v) is 8.22. The van der Waals surface area contributed by atoms with Crippen LogP contribution in [0.3, 0.4) is 0 Å². The molecule has 10 nitrogen and oxygen atoms in total. The van der Waals surface area contributed by atoms with Gasteiger partial charge >= 0.3 is 0 Å². The third kappa shape index (κ3) is 3.06. The SMILES string of the molecule is N#Cc1c[nH]c2ncnc(N3CCOC[C@H]3c3nn4ccc(Cl)c4c(=O)n3-c3ccccc3)c12. The molecule has 0 amide bonds. The van der Waals surface area contributed by atoms with Crippen LogP contribution in [-0.2, 0) is 4.74 Å². The van der Waals surface area contributed by atoms with E-state index in [2.05, 4.69) is 21.0 Å². The fourth-order valence-corrected chi connectivity index (χ4v) is 4.64. The first-order valence-corrected chi connectivity index (χ1v) is 11.0. The number of halogens is 1. The topological polar surface area (TPSA) is 117 Å². The van der Waals surface area contributed by atoms with E-state index < -0.39 is 6.04 Å². The second-order valence-electron chi connectivity index (χ2n) is 7.81. The summed E-state index contributed by atoms with van der Waals surface area (Å²) in [6.45, 7) is 1.22. The van der Waals surface area contributed by atoms with Gasteiger partial charge in [0, 0.05) is 18.9 Å². The number of rotatable bonds is 3. The predicted molar refractivity (Wildman–Crippen MR) is 125 cm³/mol. The zero-order valence-corrected chi connectivity index (χ0v) is 18.5. The lowest BCUT2D eigenvalue weighted by Crippen LogP contribution is -2.43. The zero-order chi connectivity index (χ0) is 23.2. The number of hydrogen-bond donors (Lipinski definition) is 1. The first-order valence-electron chi connectivity index (χ1n) is 10.6. The molecule has 1 aliphatic heterocycles. The summed E-state index contributed by atoms with van der Waals surface area (Å²) in [4.78, 5) is 27.5. The summed E-state index contributed by atoms with van der Waals surface area (Å²) in [6.07, 6.45) is 4.73. The van der Waals surface area contributed by atoms with Gasteiger partial charge in [0.15, 0.2) is 5.82 Å². The van der Waals surface area contributed by atoms with Gasteiger partial charge in [-0.1, -0.05) is 29.8 Å². The van der Waals surface area contributed by atoms with Crippen molar-refractivity contribution >= 4 is 34.0 Å². The lowest BCUT2D eigenvalue weighted by atomic mass is 10.1. The molecule has 1 aliphatic rings. The minimum absolute atomic E-state index is 0.275. The zero-order valence-electron chi connectivity index (χ0n) is 17.7. The van der Waals surface area contributed by atoms with Gasteiger partial charge in [0.25, 0.3) is 5.56 Å². The predicted octanol–water partition coefficient (Wildman–Crippen LogP) is 2.86. The van der Waals surface area contributed by atoms with Crippen LogP contribution in [0.4, 0.5) is 5.82 Å². The Morgan fingerprint density at radius 3 is 2.88 bits per heavy atom. The van der Waals surface area contributed by atoms with Crippen molar-refractivity contribution in [3.63, 3.8) is 0 Å². The molecule has 34 heavy (non-hydrogen) atoms. The van der Waals surface area contributed by atoms with Gasteiger partial charge in [0.2, 0.25) is 0 Å². The van der Waals surface area contributed by atoms with Crippen molar-refractivity contribution in [3.05, 3.63) is 81.9 Å². The number of nitrogens with one attached hydrogen (secondary N) is 1. The fourth-order valence-electron chi connectivity index (χ4n) is 4.41. The molecule has 0 unspecified atom stereocenters. The summed E-state index contributed by atoms with van der Waals surface area (Å²) < 4.78 is 8.90. The number of aromatic nitrogens is 6. The Morgan fingerprint density at radius 1 is 1.21 bits per heavy atom. The van der Waals surface area contributed by atoms with Gasteiger partial charge in [-0.15, -0.1) is 0 Å². The third-order valence-corrected chi connectivity index (χ3v) is 6.25. The summed E-state index contributed by atoms with van der Waals surface area (Å²) in [5.41, 5.74) is 1.67. The summed E-state index contributed by atoms with van der Waals surface area (Å²) in [5.74, 6) is 1.05. The standard InChI is InChI=1S/C23H17ClN8O2/c24-16-6-7-31-19(16)23(33)32(15-4-2-1-3-5-15)21(29-31)17-12-34-9-8-30(17)22-18-14(10-25)11-26-20(18)27-13-28-22/h1-7,11,13,17H,8-9,12H2,(H,26,27,28)/t17-/m0/s1. The fraction of sp³-hybridized carbons (Fsp3) is 0.174. The van der Waals surface area contributed by atoms with E-state index in [1.807, 2.05) is 35.2 Å². The first kappa shape index (κ1) is 20.4. The van der Waals surface area contributed by atoms with Crippen LogP contribution < -0.4 is 10.5 Å². The molecule has 0 radical (unpaired) electrons. The van der Waals surface area contributed by atoms with Gasteiger partial charge < -0.3 is 14.6 Å². The van der Waals surface area contributed by atoms with Crippen molar-refractivity contribution < 1.29 is 4.74 Å². The van der Waals surface area contributed by atoms with E-state index in [0.717, 1.165) is 0 Å². The monoisotopic (exact) mass is 472 g/mol. The normalized spacial score (nSPS) is 16.2. The molecule has 1 atom stereocenters. The van der Waals surface area contributed by atoms with Crippen LogP contribution in [0, 0.1) is 11.3 Å². The summed E-state index contributed by atoms with van der Waals surface area (Å²) in [7, 11) is 0. The summed E-state index contributed by atoms with van der Waals surface area (Å²) in [6, 6.07) is 12.7. The van der Waals surface area contributed by atoms with Crippen LogP contribution in [0.1, 0.15) is 17.4 Å². The molecule has 0 aliphatic carbocycles. The van der Waals surface area contributed by atoms with Gasteiger partial charge in [-0.2, -0.15) is 10.4 Å². The van der Waals surface area contributed by atoms with E-state index in [1.54, 1.807) is 23.0 Å². The van der Waals surface area contributed by atoms with Gasteiger partial charge in [-0.05, 0) is 18.2 Å². The summed E-state index contributed by atoms with van der Waals surface area (Å²) in [5, 5.41) is 15.4. The minimum Gasteiger partial charge on any atom is -0.377 e. The van der Waals surface area contributed by atoms with E-state index in [-0.39, 0.29) is 12.2 Å². The number of fused-ring (bicyclic) bond motifs is 2. The molecule has 5 heterocycles. The van der Waals surface area contributed by atoms with Crippen molar-refractivity contribution in [2.45, 2.75) is 6.04 Å². The highest BCUT2D eigenvalue weighted by atomic mass is 35.5. The van der Waals surface area contributed by atoms with E-state index in [4.69, 9.17) is 21.4 Å². The van der Waals surface area contributed by atoms with Crippen LogP contribution in [0.15, 0.2) is 59.9 Å². The number of anilines is 1. The molecule has 1 aromatic carbocycles. The maximum atomic E-state index is 13.7. The first-order chi connectivity index (χ1) is 16.7. The molecular formula is C23H17ClN8O2. The van der Waals surface area contributed by atoms with Crippen LogP contribution >= 0.6 is 11.6 Å². The van der Waals surface area contributed by atoms with Gasteiger partial charge in [-0.3, -0.25) is 9.36 Å². The Hall–Kier alpha value is -4.20. The summed E-state index contributed by atoms with van der Waals surface area (Å²) >= 11 is 6.33. The maximum absolute atomic E-state index is 13.7. The molecule has 1 N–H and O–H groups in total. The van der Waals surface area contributed by atoms with Crippen molar-refractivity contribution in [1.29, 1.82) is 5.26 Å². The Kier molecular flexibility index (Phi) is 4.79. The number of hydrogen-bond acceptors (Lipinski definition) is 7. The highest BCUT2D eigenvalue weighted by Crippen LogP contribution is 2.34. The average molecular weight is 473 g/mol. The molecule has 4 aromatic heterocycles. The molecule has 0 spiro atoms. The number of H-pyrrole nitrogens is 1. The van der Waals surface area contributed by atoms with Gasteiger partial charge in [-0.25, -0.2) is 14.5 Å². The van der Waals surface area contributed by atoms with Crippen molar-refractivity contribution in [3.8, 4) is 11.8 Å². The van der Waals surface area contributed by atoms with Gasteiger partial charge in [0.05, 0.1) is 34.9 Å². The maximum Gasteiger partial charge on any atom is 0.284 e. The van der Waals surface area contributed by atoms with Crippen molar-refractivity contribution in [1.82, 2.24) is 29.1 Å². The number of aromatic amines is 1. The van der Waals surface area contributed by atoms with Crippen molar-refractivity contribution in [2.24, 2.45) is 0 Å². The Morgan fingerprint density at radius 2 is 2.06 bits per heavy atom. The molecule has 11 heteroatoms. The molecule has 5 aromatic rings. The lowest BCUT2D eigenvalue weighted by Gasteiger charge is -2.37. The molecule has 6 rings (SSSR count). The largest absolute Gasteiger partial charge is 0.377 e. The number of para-hydroxylation sites is 1. The van der Waals surface area contributed by atoms with E-state index in [0.29, 0.717) is 57.6 Å². The quantitative estimate of drug-likeness (QED) is 0.429. The van der Waals surface area contributed by atoms with Crippen LogP contribution in [0.25, 0.3) is 22.2 Å². The number of nitrogens with zero attached hydrogens (tertiary/aromatic N) is 7. The van der Waals surface area contributed by atoms with E-state index >= 15 is 0 Å². The third-order valence-electron chi connectivity index (χ3n) is 5.95. The van der Waals surface area contributed by atoms with Crippen LogP contribution in [0.2, 0.25) is 5.02 Å². The molecule has 0 saturated carbocycles. The number of nitriles is 1. The molecule has 1 fully saturated rings. The number of benzene rings is 1. The highest BCUT2D eigenvalue weighted by molar-refractivity contribution is 6.33. The minimum atomic E-state index is -0.466. The average Bonchev–Trinajstić information content (AvgIpc) is 3.47. The van der Waals surface area contributed by atoms with E-state index in [9.17, 15) is 10.1 Å². The number of ether oxygens (including phenoxy) is 1. The number of morpholine rings is 1. The van der Waals surface area contributed by atoms with Crippen LogP contribution in [0.5, 0.6) is 0 Å². The lowest BCUT2D eigenvalue weighted by molar-refractivity contribution is 0.0902. The highest BCUT2D eigenvalue weighted by Gasteiger charge is 2.33. The smallest absolute Gasteiger partial charge is 0.284 e. The Bertz CT molecular complexity index is 1630. The molecular weight excluding hydrogens is 456 g/mol.